The van der Waals surface area contributed by atoms with Gasteiger partial charge in [-0.05, 0) is 43.8 Å². The van der Waals surface area contributed by atoms with Crippen LogP contribution in [0.2, 0.25) is 0 Å². The number of carbonyl (C=O) groups excluding carboxylic acids is 1. The van der Waals surface area contributed by atoms with Gasteiger partial charge in [0.05, 0.1) is 0 Å². The van der Waals surface area contributed by atoms with E-state index in [0.29, 0.717) is 18.2 Å². The van der Waals surface area contributed by atoms with Gasteiger partial charge >= 0.3 is 0 Å². The molecular formula is C16H25ClN2O. The third kappa shape index (κ3) is 5.51. The molecule has 1 fully saturated rings. The van der Waals surface area contributed by atoms with E-state index in [9.17, 15) is 4.79 Å². The fourth-order valence-corrected chi connectivity index (χ4v) is 2.55. The molecule has 0 unspecified atom stereocenters. The molecule has 3 nitrogen and oxygen atoms in total. The van der Waals surface area contributed by atoms with Crippen molar-refractivity contribution in [3.05, 3.63) is 35.9 Å². The van der Waals surface area contributed by atoms with Gasteiger partial charge in [0, 0.05) is 20.0 Å². The highest BCUT2D eigenvalue weighted by Crippen LogP contribution is 2.16. The topological polar surface area (TPSA) is 32.3 Å². The molecule has 0 radical (unpaired) electrons. The van der Waals surface area contributed by atoms with Crippen molar-refractivity contribution in [1.82, 2.24) is 10.2 Å². The Morgan fingerprint density at radius 3 is 2.55 bits per heavy atom. The lowest BCUT2D eigenvalue weighted by Gasteiger charge is -2.25. The van der Waals surface area contributed by atoms with E-state index >= 15 is 0 Å². The number of hydrogen-bond donors (Lipinski definition) is 1. The Balaban J connectivity index is 0.00000200. The summed E-state index contributed by atoms with van der Waals surface area (Å²) in [6.07, 6.45) is 3.93. The summed E-state index contributed by atoms with van der Waals surface area (Å²) in [5, 5.41) is 3.34. The third-order valence-electron chi connectivity index (χ3n) is 3.93. The Kier molecular flexibility index (Phi) is 7.63. The number of rotatable bonds is 5. The van der Waals surface area contributed by atoms with E-state index in [1.54, 1.807) is 0 Å². The SMILES string of the molecule is CN(CCc1ccccc1)C(=O)CC1CCNCC1.Cl. The monoisotopic (exact) mass is 296 g/mol. The zero-order valence-corrected chi connectivity index (χ0v) is 13.0. The van der Waals surface area contributed by atoms with Gasteiger partial charge in [-0.25, -0.2) is 0 Å². The van der Waals surface area contributed by atoms with E-state index in [4.69, 9.17) is 0 Å². The molecule has 0 bridgehead atoms. The summed E-state index contributed by atoms with van der Waals surface area (Å²) in [5.41, 5.74) is 1.30. The first kappa shape index (κ1) is 17.0. The molecule has 1 aromatic rings. The molecular weight excluding hydrogens is 272 g/mol. The second kappa shape index (κ2) is 8.98. The van der Waals surface area contributed by atoms with Crippen LogP contribution >= 0.6 is 12.4 Å². The van der Waals surface area contributed by atoms with Crippen LogP contribution in [0.4, 0.5) is 0 Å². The first-order valence-electron chi connectivity index (χ1n) is 7.24. The maximum atomic E-state index is 12.1. The largest absolute Gasteiger partial charge is 0.345 e. The van der Waals surface area contributed by atoms with Crippen LogP contribution in [0.3, 0.4) is 0 Å². The van der Waals surface area contributed by atoms with Gasteiger partial charge in [0.2, 0.25) is 5.91 Å². The van der Waals surface area contributed by atoms with Crippen molar-refractivity contribution in [3.8, 4) is 0 Å². The van der Waals surface area contributed by atoms with Crippen LogP contribution < -0.4 is 5.32 Å². The summed E-state index contributed by atoms with van der Waals surface area (Å²) in [7, 11) is 1.92. The highest BCUT2D eigenvalue weighted by Gasteiger charge is 2.18. The Morgan fingerprint density at radius 2 is 1.90 bits per heavy atom. The van der Waals surface area contributed by atoms with Crippen LogP contribution in [0, 0.1) is 5.92 Å². The third-order valence-corrected chi connectivity index (χ3v) is 3.93. The molecule has 0 saturated carbocycles. The predicted octanol–water partition coefficient (Wildman–Crippen LogP) is 2.50. The van der Waals surface area contributed by atoms with E-state index in [1.165, 1.54) is 5.56 Å². The fourth-order valence-electron chi connectivity index (χ4n) is 2.55. The van der Waals surface area contributed by atoms with Crippen molar-refractivity contribution in [1.29, 1.82) is 0 Å². The van der Waals surface area contributed by atoms with Gasteiger partial charge in [0.15, 0.2) is 0 Å². The minimum absolute atomic E-state index is 0. The predicted molar refractivity (Wildman–Crippen MR) is 85.2 cm³/mol. The Hall–Kier alpha value is -1.06. The van der Waals surface area contributed by atoms with Crippen LogP contribution in [-0.4, -0.2) is 37.5 Å². The molecule has 4 heteroatoms. The van der Waals surface area contributed by atoms with Gasteiger partial charge in [-0.2, -0.15) is 0 Å². The van der Waals surface area contributed by atoms with E-state index in [0.717, 1.165) is 38.9 Å². The summed E-state index contributed by atoms with van der Waals surface area (Å²) in [6.45, 7) is 2.94. The van der Waals surface area contributed by atoms with Crippen LogP contribution in [-0.2, 0) is 11.2 Å². The molecule has 1 saturated heterocycles. The van der Waals surface area contributed by atoms with Crippen LogP contribution in [0.15, 0.2) is 30.3 Å². The Bertz CT molecular complexity index is 391. The van der Waals surface area contributed by atoms with Gasteiger partial charge < -0.3 is 10.2 Å². The molecule has 1 heterocycles. The van der Waals surface area contributed by atoms with Crippen LogP contribution in [0.1, 0.15) is 24.8 Å². The number of halogens is 1. The van der Waals surface area contributed by atoms with Crippen LogP contribution in [0.25, 0.3) is 0 Å². The molecule has 0 aliphatic carbocycles. The zero-order valence-electron chi connectivity index (χ0n) is 12.2. The van der Waals surface area contributed by atoms with Crippen LogP contribution in [0.5, 0.6) is 0 Å². The lowest BCUT2D eigenvalue weighted by Crippen LogP contribution is -2.34. The van der Waals surface area contributed by atoms with Gasteiger partial charge in [-0.15, -0.1) is 12.4 Å². The second-order valence-electron chi connectivity index (χ2n) is 5.45. The molecule has 2 rings (SSSR count). The lowest BCUT2D eigenvalue weighted by atomic mass is 9.94. The zero-order chi connectivity index (χ0) is 13.5. The summed E-state index contributed by atoms with van der Waals surface area (Å²) in [5.74, 6) is 0.871. The molecule has 0 atom stereocenters. The smallest absolute Gasteiger partial charge is 0.222 e. The van der Waals surface area contributed by atoms with Crippen molar-refractivity contribution < 1.29 is 4.79 Å². The minimum Gasteiger partial charge on any atom is -0.345 e. The van der Waals surface area contributed by atoms with Crippen molar-refractivity contribution >= 4 is 18.3 Å². The molecule has 20 heavy (non-hydrogen) atoms. The molecule has 1 aliphatic rings. The van der Waals surface area contributed by atoms with Crippen molar-refractivity contribution in [3.63, 3.8) is 0 Å². The molecule has 0 spiro atoms. The van der Waals surface area contributed by atoms with Crippen molar-refractivity contribution in [2.45, 2.75) is 25.7 Å². The molecule has 1 amide bonds. The normalized spacial score (nSPS) is 15.4. The number of piperidine rings is 1. The number of carbonyl (C=O) groups is 1. The average Bonchev–Trinajstić information content (AvgIpc) is 2.47. The minimum atomic E-state index is 0. The summed E-state index contributed by atoms with van der Waals surface area (Å²) in [4.78, 5) is 14.0. The summed E-state index contributed by atoms with van der Waals surface area (Å²) in [6, 6.07) is 10.4. The number of amides is 1. The van der Waals surface area contributed by atoms with E-state index < -0.39 is 0 Å². The lowest BCUT2D eigenvalue weighted by molar-refractivity contribution is -0.131. The second-order valence-corrected chi connectivity index (χ2v) is 5.45. The molecule has 1 aromatic carbocycles. The quantitative estimate of drug-likeness (QED) is 0.905. The maximum absolute atomic E-state index is 12.1. The number of nitrogens with zero attached hydrogens (tertiary/aromatic N) is 1. The number of likely N-dealkylation sites (N-methyl/N-ethyl adjacent to an activating group) is 1. The van der Waals surface area contributed by atoms with Gasteiger partial charge in [-0.3, -0.25) is 4.79 Å². The summed E-state index contributed by atoms with van der Waals surface area (Å²) >= 11 is 0. The van der Waals surface area contributed by atoms with Gasteiger partial charge in [0.1, 0.15) is 0 Å². The fraction of sp³-hybridized carbons (Fsp3) is 0.562. The average molecular weight is 297 g/mol. The molecule has 1 aliphatic heterocycles. The molecule has 112 valence electrons. The van der Waals surface area contributed by atoms with Gasteiger partial charge in [-0.1, -0.05) is 30.3 Å². The molecule has 0 aromatic heterocycles. The van der Waals surface area contributed by atoms with Crippen molar-refractivity contribution in [2.24, 2.45) is 5.92 Å². The molecule has 1 N–H and O–H groups in total. The van der Waals surface area contributed by atoms with E-state index in [1.807, 2.05) is 30.1 Å². The standard InChI is InChI=1S/C16H24N2O.ClH/c1-18(12-9-14-5-3-2-4-6-14)16(19)13-15-7-10-17-11-8-15;/h2-6,15,17H,7-13H2,1H3;1H. The first-order chi connectivity index (χ1) is 9.25. The van der Waals surface area contributed by atoms with Crippen molar-refractivity contribution in [2.75, 3.05) is 26.7 Å². The highest BCUT2D eigenvalue weighted by atomic mass is 35.5. The van der Waals surface area contributed by atoms with E-state index in [2.05, 4.69) is 17.4 Å². The Labute approximate surface area is 128 Å². The van der Waals surface area contributed by atoms with Gasteiger partial charge in [0.25, 0.3) is 0 Å². The Morgan fingerprint density at radius 1 is 1.25 bits per heavy atom. The number of hydrogen-bond acceptors (Lipinski definition) is 2. The maximum Gasteiger partial charge on any atom is 0.222 e. The number of benzene rings is 1. The first-order valence-corrected chi connectivity index (χ1v) is 7.24. The van der Waals surface area contributed by atoms with E-state index in [-0.39, 0.29) is 12.4 Å². The number of nitrogens with one attached hydrogen (secondary N) is 1. The summed E-state index contributed by atoms with van der Waals surface area (Å²) < 4.78 is 0. The highest BCUT2D eigenvalue weighted by molar-refractivity contribution is 5.85.